The number of sulfone groups is 1. The van der Waals surface area contributed by atoms with Gasteiger partial charge in [0.1, 0.15) is 9.84 Å². The van der Waals surface area contributed by atoms with Crippen molar-refractivity contribution in [3.05, 3.63) is 47.1 Å². The number of ether oxygens (including phenoxy) is 2. The number of rotatable bonds is 9. The van der Waals surface area contributed by atoms with E-state index < -0.39 is 9.84 Å². The Kier molecular flexibility index (Phi) is 6.07. The van der Waals surface area contributed by atoms with Crippen molar-refractivity contribution in [3.63, 3.8) is 0 Å². The molecule has 1 atom stereocenters. The van der Waals surface area contributed by atoms with Crippen LogP contribution in [-0.2, 0) is 9.84 Å². The van der Waals surface area contributed by atoms with Crippen molar-refractivity contribution < 1.29 is 17.9 Å². The van der Waals surface area contributed by atoms with E-state index in [0.717, 1.165) is 5.56 Å². The van der Waals surface area contributed by atoms with Crippen LogP contribution in [0.1, 0.15) is 25.5 Å². The zero-order valence-corrected chi connectivity index (χ0v) is 15.4. The van der Waals surface area contributed by atoms with Crippen LogP contribution in [0.4, 0.5) is 0 Å². The first-order chi connectivity index (χ1) is 11.3. The largest absolute Gasteiger partial charge is 0.493 e. The Morgan fingerprint density at radius 1 is 1.21 bits per heavy atom. The van der Waals surface area contributed by atoms with Crippen LogP contribution in [0.15, 0.2) is 41.5 Å². The molecule has 1 aliphatic rings. The van der Waals surface area contributed by atoms with Gasteiger partial charge in [-0.25, -0.2) is 8.42 Å². The van der Waals surface area contributed by atoms with Crippen LogP contribution in [-0.4, -0.2) is 40.7 Å². The van der Waals surface area contributed by atoms with Crippen molar-refractivity contribution in [1.29, 1.82) is 0 Å². The molecule has 2 rings (SSSR count). The molecule has 0 saturated heterocycles. The van der Waals surface area contributed by atoms with Gasteiger partial charge in [-0.2, -0.15) is 0 Å². The summed E-state index contributed by atoms with van der Waals surface area (Å²) in [4.78, 5) is 0. The van der Waals surface area contributed by atoms with Crippen LogP contribution in [0.25, 0.3) is 0 Å². The fourth-order valence-electron chi connectivity index (χ4n) is 2.55. The summed E-state index contributed by atoms with van der Waals surface area (Å²) in [6.07, 6.45) is 5.34. The quantitative estimate of drug-likeness (QED) is 0.741. The molecule has 0 aliphatic heterocycles. The predicted octanol–water partition coefficient (Wildman–Crippen LogP) is 2.66. The molecule has 1 unspecified atom stereocenters. The Bertz CT molecular complexity index is 750. The lowest BCUT2D eigenvalue weighted by molar-refractivity contribution is 0.310. The zero-order valence-electron chi connectivity index (χ0n) is 14.6. The molecule has 1 aliphatic carbocycles. The van der Waals surface area contributed by atoms with E-state index in [1.54, 1.807) is 7.11 Å². The van der Waals surface area contributed by atoms with Crippen LogP contribution in [0.2, 0.25) is 0 Å². The maximum absolute atomic E-state index is 11.8. The molecule has 1 N–H and O–H groups in total. The highest BCUT2D eigenvalue weighted by atomic mass is 32.2. The number of hydrogen-bond donors (Lipinski definition) is 1. The third kappa shape index (κ3) is 4.85. The highest BCUT2D eigenvalue weighted by Crippen LogP contribution is 2.31. The molecule has 24 heavy (non-hydrogen) atoms. The normalized spacial score (nSPS) is 15.2. The fourth-order valence-corrected chi connectivity index (χ4v) is 3.47. The van der Waals surface area contributed by atoms with Gasteiger partial charge in [0.2, 0.25) is 0 Å². The van der Waals surface area contributed by atoms with Gasteiger partial charge in [-0.1, -0.05) is 18.2 Å². The summed E-state index contributed by atoms with van der Waals surface area (Å²) in [6, 6.07) is 5.23. The number of hydrogen-bond acceptors (Lipinski definition) is 5. The minimum atomic E-state index is -3.13. The van der Waals surface area contributed by atoms with Crippen molar-refractivity contribution in [3.8, 4) is 11.5 Å². The minimum absolute atomic E-state index is 0.0287. The van der Waals surface area contributed by atoms with E-state index in [2.05, 4.69) is 5.32 Å². The van der Waals surface area contributed by atoms with Gasteiger partial charge in [0.25, 0.3) is 0 Å². The second-order valence-electron chi connectivity index (χ2n) is 5.91. The van der Waals surface area contributed by atoms with E-state index in [0.29, 0.717) is 24.7 Å². The molecule has 5 nitrogen and oxygen atoms in total. The lowest BCUT2D eigenvalue weighted by Gasteiger charge is -2.23. The fraction of sp³-hybridized carbons (Fsp3) is 0.444. The molecule has 0 aromatic heterocycles. The van der Waals surface area contributed by atoms with Gasteiger partial charge in [-0.3, -0.25) is 0 Å². The Labute approximate surface area is 144 Å². The lowest BCUT2D eigenvalue weighted by Crippen LogP contribution is -2.30. The van der Waals surface area contributed by atoms with Crippen LogP contribution >= 0.6 is 0 Å². The van der Waals surface area contributed by atoms with Gasteiger partial charge in [-0.05, 0) is 42.7 Å². The van der Waals surface area contributed by atoms with Gasteiger partial charge < -0.3 is 14.8 Å². The maximum Gasteiger partial charge on any atom is 0.161 e. The highest BCUT2D eigenvalue weighted by Gasteiger charge is 2.20. The molecular weight excluding hydrogens is 326 g/mol. The third-order valence-electron chi connectivity index (χ3n) is 3.94. The van der Waals surface area contributed by atoms with Crippen LogP contribution in [0.5, 0.6) is 11.5 Å². The first kappa shape index (κ1) is 18.5. The highest BCUT2D eigenvalue weighted by molar-refractivity contribution is 7.90. The molecule has 0 heterocycles. The number of allylic oxidation sites excluding steroid dienone is 2. The maximum atomic E-state index is 11.8. The molecular formula is C18H25NO4S. The topological polar surface area (TPSA) is 64.6 Å². The predicted molar refractivity (Wildman–Crippen MR) is 96.5 cm³/mol. The Morgan fingerprint density at radius 3 is 2.46 bits per heavy atom. The van der Waals surface area contributed by atoms with Crippen molar-refractivity contribution >= 4 is 9.84 Å². The Morgan fingerprint density at radius 2 is 1.96 bits per heavy atom. The number of benzene rings is 1. The molecule has 0 radical (unpaired) electrons. The van der Waals surface area contributed by atoms with E-state index in [9.17, 15) is 8.42 Å². The summed E-state index contributed by atoms with van der Waals surface area (Å²) < 4.78 is 34.5. The SMILES string of the molecule is CCOc1cc(C(CS(C)(=O)=O)NCC2=CC=C2C)ccc1OC. The van der Waals surface area contributed by atoms with Crippen LogP contribution < -0.4 is 14.8 Å². The molecule has 0 saturated carbocycles. The van der Waals surface area contributed by atoms with E-state index in [1.165, 1.54) is 17.4 Å². The zero-order chi connectivity index (χ0) is 17.7. The number of nitrogens with one attached hydrogen (secondary N) is 1. The second-order valence-corrected chi connectivity index (χ2v) is 8.10. The summed E-state index contributed by atoms with van der Waals surface area (Å²) in [5, 5.41) is 3.35. The third-order valence-corrected chi connectivity index (χ3v) is 4.88. The summed E-state index contributed by atoms with van der Waals surface area (Å²) >= 11 is 0. The van der Waals surface area contributed by atoms with E-state index in [-0.39, 0.29) is 11.8 Å². The van der Waals surface area contributed by atoms with Gasteiger partial charge in [0, 0.05) is 18.8 Å². The molecule has 0 fully saturated rings. The van der Waals surface area contributed by atoms with E-state index in [4.69, 9.17) is 9.47 Å². The van der Waals surface area contributed by atoms with Crippen molar-refractivity contribution in [2.75, 3.05) is 32.3 Å². The molecule has 0 spiro atoms. The summed E-state index contributed by atoms with van der Waals surface area (Å²) in [5.74, 6) is 1.29. The molecule has 6 heteroatoms. The standard InChI is InChI=1S/C18H25NO4S/c1-5-23-18-10-14(8-9-17(18)22-3)16(12-24(4,20)21)19-11-15-7-6-13(15)2/h6-10,16,19H,5,11-12H2,1-4H3. The summed E-state index contributed by atoms with van der Waals surface area (Å²) in [6.45, 7) is 5.10. The molecule has 0 amide bonds. The van der Waals surface area contributed by atoms with E-state index >= 15 is 0 Å². The average Bonchev–Trinajstić information content (AvgIpc) is 2.51. The van der Waals surface area contributed by atoms with Crippen LogP contribution in [0.3, 0.4) is 0 Å². The van der Waals surface area contributed by atoms with Crippen molar-refractivity contribution in [2.45, 2.75) is 19.9 Å². The molecule has 1 aromatic rings. The molecule has 1 aromatic carbocycles. The van der Waals surface area contributed by atoms with Gasteiger partial charge in [-0.15, -0.1) is 0 Å². The van der Waals surface area contributed by atoms with Crippen molar-refractivity contribution in [1.82, 2.24) is 5.32 Å². The van der Waals surface area contributed by atoms with Crippen LogP contribution in [0, 0.1) is 0 Å². The van der Waals surface area contributed by atoms with Gasteiger partial charge in [0.05, 0.1) is 19.5 Å². The lowest BCUT2D eigenvalue weighted by atomic mass is 9.98. The van der Waals surface area contributed by atoms with Gasteiger partial charge >= 0.3 is 0 Å². The summed E-state index contributed by atoms with van der Waals surface area (Å²) in [5.41, 5.74) is 3.30. The Hall–Kier alpha value is -1.79. The monoisotopic (exact) mass is 351 g/mol. The average molecular weight is 351 g/mol. The molecule has 132 valence electrons. The second kappa shape index (κ2) is 7.85. The number of methoxy groups -OCH3 is 1. The smallest absolute Gasteiger partial charge is 0.161 e. The van der Waals surface area contributed by atoms with Gasteiger partial charge in [0.15, 0.2) is 11.5 Å². The Balaban J connectivity index is 2.23. The first-order valence-electron chi connectivity index (χ1n) is 7.93. The summed E-state index contributed by atoms with van der Waals surface area (Å²) in [7, 11) is -1.55. The molecule has 0 bridgehead atoms. The minimum Gasteiger partial charge on any atom is -0.493 e. The van der Waals surface area contributed by atoms with E-state index in [1.807, 2.05) is 44.2 Å². The van der Waals surface area contributed by atoms with Crippen molar-refractivity contribution in [2.24, 2.45) is 0 Å². The first-order valence-corrected chi connectivity index (χ1v) is 9.99.